The monoisotopic (exact) mass is 1160 g/mol. The summed E-state index contributed by atoms with van der Waals surface area (Å²) in [4.78, 5) is 13.2. The van der Waals surface area contributed by atoms with Crippen molar-refractivity contribution in [1.29, 1.82) is 0 Å². The number of hydrogen-bond donors (Lipinski definition) is 8. The van der Waals surface area contributed by atoms with Crippen molar-refractivity contribution in [3.63, 3.8) is 0 Å². The van der Waals surface area contributed by atoms with Crippen LogP contribution in [0.5, 0.6) is 0 Å². The smallest absolute Gasteiger partial charge is 0.249 e. The average molecular weight is 1160 g/mol. The lowest BCUT2D eigenvalue weighted by Gasteiger charge is -2.40. The first kappa shape index (κ1) is 78.3. The molecule has 0 aromatic rings. The molecule has 9 atom stereocenters. The molecule has 1 amide bonds. The molecule has 1 fully saturated rings. The van der Waals surface area contributed by atoms with Gasteiger partial charge in [0, 0.05) is 0 Å². The molecule has 0 spiro atoms. The Labute approximate surface area is 505 Å². The molecule has 1 rings (SSSR count). The summed E-state index contributed by atoms with van der Waals surface area (Å²) < 4.78 is 11.2. The fraction of sp³-hybridized carbons (Fsp3) is 0.901. The predicted octanol–water partition coefficient (Wildman–Crippen LogP) is 17.0. The van der Waals surface area contributed by atoms with Gasteiger partial charge in [-0.15, -0.1) is 0 Å². The van der Waals surface area contributed by atoms with Crippen LogP contribution in [-0.2, 0) is 14.3 Å². The lowest BCUT2D eigenvalue weighted by Crippen LogP contribution is -2.60. The number of aliphatic hydroxyl groups is 7. The lowest BCUT2D eigenvalue weighted by molar-refractivity contribution is -0.303. The minimum absolute atomic E-state index is 0.247. The van der Waals surface area contributed by atoms with E-state index in [4.69, 9.17) is 9.47 Å². The molecule has 0 aromatic heterocycles. The molecule has 0 aromatic carbocycles. The number of nitrogens with one attached hydrogen (secondary N) is 1. The Bertz CT molecular complexity index is 1430. The van der Waals surface area contributed by atoms with Gasteiger partial charge in [0.15, 0.2) is 6.29 Å². The molecule has 0 radical (unpaired) electrons. The van der Waals surface area contributed by atoms with E-state index in [1.165, 1.54) is 257 Å². The minimum atomic E-state index is -1.67. The highest BCUT2D eigenvalue weighted by Gasteiger charge is 2.44. The molecular formula is C71H135NO10. The summed E-state index contributed by atoms with van der Waals surface area (Å²) in [5, 5.41) is 76.5. The van der Waals surface area contributed by atoms with Crippen molar-refractivity contribution in [2.45, 2.75) is 396 Å². The van der Waals surface area contributed by atoms with Gasteiger partial charge in [0.05, 0.1) is 25.4 Å². The van der Waals surface area contributed by atoms with Gasteiger partial charge in [-0.05, 0) is 77.0 Å². The molecule has 1 aliphatic rings. The second kappa shape index (κ2) is 59.7. The third kappa shape index (κ3) is 46.5. The molecule has 82 heavy (non-hydrogen) atoms. The van der Waals surface area contributed by atoms with Crippen LogP contribution in [0.2, 0.25) is 0 Å². The first-order valence-electron chi connectivity index (χ1n) is 35.4. The molecule has 11 heteroatoms. The summed E-state index contributed by atoms with van der Waals surface area (Å²) in [6.07, 6.45) is 65.2. The Kier molecular flexibility index (Phi) is 57.0. The zero-order valence-electron chi connectivity index (χ0n) is 53.5. The van der Waals surface area contributed by atoms with Crippen LogP contribution >= 0.6 is 0 Å². The molecule has 0 aliphatic carbocycles. The number of amides is 1. The number of carbonyl (C=O) groups excluding carboxylic acids is 1. The topological polar surface area (TPSA) is 189 Å². The van der Waals surface area contributed by atoms with E-state index < -0.39 is 74.2 Å². The molecule has 484 valence electrons. The zero-order valence-corrected chi connectivity index (χ0v) is 53.5. The lowest BCUT2D eigenvalue weighted by atomic mass is 9.98. The van der Waals surface area contributed by atoms with E-state index in [0.717, 1.165) is 38.5 Å². The van der Waals surface area contributed by atoms with E-state index >= 15 is 0 Å². The summed E-state index contributed by atoms with van der Waals surface area (Å²) >= 11 is 0. The Balaban J connectivity index is 2.23. The number of aliphatic hydroxyl groups excluding tert-OH is 7. The van der Waals surface area contributed by atoms with Gasteiger partial charge < -0.3 is 50.5 Å². The summed E-state index contributed by atoms with van der Waals surface area (Å²) in [5.41, 5.74) is 0. The number of hydrogen-bond acceptors (Lipinski definition) is 10. The van der Waals surface area contributed by atoms with Crippen molar-refractivity contribution in [3.8, 4) is 0 Å². The Hall–Kier alpha value is -1.67. The Morgan fingerprint density at radius 1 is 0.415 bits per heavy atom. The van der Waals surface area contributed by atoms with Crippen molar-refractivity contribution in [2.24, 2.45) is 0 Å². The van der Waals surface area contributed by atoms with Crippen molar-refractivity contribution in [1.82, 2.24) is 5.32 Å². The van der Waals surface area contributed by atoms with E-state index in [0.29, 0.717) is 19.3 Å². The maximum atomic E-state index is 13.2. The highest BCUT2D eigenvalue weighted by atomic mass is 16.7. The second-order valence-electron chi connectivity index (χ2n) is 24.9. The fourth-order valence-corrected chi connectivity index (χ4v) is 11.5. The standard InChI is InChI=1S/C71H135NO10/c1-3-5-7-9-11-13-15-17-19-21-23-25-27-29-31-33-35-37-39-41-43-45-47-49-51-53-55-57-59-64(75)70(80)72-62(61-81-71-69(79)68(78)67(77)65(60-73)82-71)66(76)63(74)58-56-54-52-50-48-46-44-42-40-38-36-34-32-30-28-26-24-22-20-18-16-14-12-10-8-6-4-2/h29,31,42,44,50,52,62-69,71,73-79H,3-28,30,32-41,43,45-49,51,53-61H2,1-2H3,(H,72,80)/b31-29-,44-42+,52-50+. The van der Waals surface area contributed by atoms with Crippen molar-refractivity contribution in [2.75, 3.05) is 13.2 Å². The van der Waals surface area contributed by atoms with E-state index in [2.05, 4.69) is 55.6 Å². The molecule has 0 bridgehead atoms. The number of ether oxygens (including phenoxy) is 2. The van der Waals surface area contributed by atoms with Gasteiger partial charge in [0.1, 0.15) is 36.6 Å². The van der Waals surface area contributed by atoms with Crippen LogP contribution in [-0.4, -0.2) is 110 Å². The van der Waals surface area contributed by atoms with Crippen molar-refractivity contribution in [3.05, 3.63) is 36.5 Å². The molecular weight excluding hydrogens is 1030 g/mol. The molecule has 8 N–H and O–H groups in total. The zero-order chi connectivity index (χ0) is 59.6. The largest absolute Gasteiger partial charge is 0.394 e. The predicted molar refractivity (Wildman–Crippen MR) is 344 cm³/mol. The van der Waals surface area contributed by atoms with Crippen molar-refractivity contribution < 1.29 is 50.0 Å². The van der Waals surface area contributed by atoms with Crippen LogP contribution in [0.4, 0.5) is 0 Å². The van der Waals surface area contributed by atoms with Crippen LogP contribution in [0.1, 0.15) is 341 Å². The molecule has 11 nitrogen and oxygen atoms in total. The molecule has 9 unspecified atom stereocenters. The molecule has 1 saturated heterocycles. The average Bonchev–Trinajstić information content (AvgIpc) is 3.48. The maximum Gasteiger partial charge on any atom is 0.249 e. The van der Waals surface area contributed by atoms with Crippen LogP contribution in [0.3, 0.4) is 0 Å². The second-order valence-corrected chi connectivity index (χ2v) is 24.9. The molecule has 0 saturated carbocycles. The number of unbranched alkanes of at least 4 members (excludes halogenated alkanes) is 44. The summed E-state index contributed by atoms with van der Waals surface area (Å²) in [7, 11) is 0. The minimum Gasteiger partial charge on any atom is -0.394 e. The molecule has 1 aliphatic heterocycles. The van der Waals surface area contributed by atoms with Gasteiger partial charge in [0.25, 0.3) is 0 Å². The first-order chi connectivity index (χ1) is 40.2. The number of allylic oxidation sites excluding steroid dienone is 6. The summed E-state index contributed by atoms with van der Waals surface area (Å²) in [6.45, 7) is 3.49. The first-order valence-corrected chi connectivity index (χ1v) is 35.4. The Morgan fingerprint density at radius 2 is 0.732 bits per heavy atom. The highest BCUT2D eigenvalue weighted by Crippen LogP contribution is 2.24. The van der Waals surface area contributed by atoms with Crippen LogP contribution in [0, 0.1) is 0 Å². The quantitative estimate of drug-likeness (QED) is 0.0215. The van der Waals surface area contributed by atoms with Gasteiger partial charge in [0.2, 0.25) is 5.91 Å². The van der Waals surface area contributed by atoms with Gasteiger partial charge in [-0.1, -0.05) is 301 Å². The van der Waals surface area contributed by atoms with Gasteiger partial charge >= 0.3 is 0 Å². The third-order valence-corrected chi connectivity index (χ3v) is 17.1. The van der Waals surface area contributed by atoms with Crippen molar-refractivity contribution >= 4 is 5.91 Å². The fourth-order valence-electron chi connectivity index (χ4n) is 11.5. The van der Waals surface area contributed by atoms with Gasteiger partial charge in [-0.2, -0.15) is 0 Å². The number of carbonyl (C=O) groups is 1. The normalized spacial score (nSPS) is 19.3. The van der Waals surface area contributed by atoms with E-state index in [9.17, 15) is 40.5 Å². The van der Waals surface area contributed by atoms with Gasteiger partial charge in [-0.3, -0.25) is 4.79 Å². The van der Waals surface area contributed by atoms with Crippen LogP contribution in [0.15, 0.2) is 36.5 Å². The van der Waals surface area contributed by atoms with E-state index in [-0.39, 0.29) is 12.8 Å². The summed E-state index contributed by atoms with van der Waals surface area (Å²) in [5.74, 6) is -0.706. The van der Waals surface area contributed by atoms with E-state index in [1.54, 1.807) is 0 Å². The van der Waals surface area contributed by atoms with Crippen LogP contribution < -0.4 is 5.32 Å². The SMILES string of the molecule is CCCCCCCCCCCCCC/C=C\CCCCCCCCCCCCCCC(O)C(=O)NC(COC1OC(CO)C(O)C(O)C1O)C(O)C(O)CCC/C=C/CC/C=C/CCCCCCCCCCCCCCCCCCCC. The molecule has 1 heterocycles. The summed E-state index contributed by atoms with van der Waals surface area (Å²) in [6, 6.07) is -1.19. The van der Waals surface area contributed by atoms with Gasteiger partial charge in [-0.25, -0.2) is 0 Å². The number of rotatable bonds is 62. The van der Waals surface area contributed by atoms with Crippen LogP contribution in [0.25, 0.3) is 0 Å². The highest BCUT2D eigenvalue weighted by molar-refractivity contribution is 5.80. The third-order valence-electron chi connectivity index (χ3n) is 17.1. The van der Waals surface area contributed by atoms with E-state index in [1.807, 2.05) is 0 Å². The Morgan fingerprint density at radius 3 is 1.09 bits per heavy atom. The maximum absolute atomic E-state index is 13.2.